The molecule has 0 atom stereocenters. The van der Waals surface area contributed by atoms with Crippen LogP contribution < -0.4 is 21.1 Å². The fourth-order valence-electron chi connectivity index (χ4n) is 2.97. The number of benzene rings is 2. The number of amidine groups is 1. The summed E-state index contributed by atoms with van der Waals surface area (Å²) in [4.78, 5) is 20.5. The molecule has 0 radical (unpaired) electrons. The van der Waals surface area contributed by atoms with E-state index in [1.54, 1.807) is 18.3 Å². The number of alkyl halides is 1. The number of aromatic nitrogens is 1. The van der Waals surface area contributed by atoms with E-state index in [0.717, 1.165) is 24.1 Å². The molecule has 31 heavy (non-hydrogen) atoms. The molecule has 0 bridgehead atoms. The van der Waals surface area contributed by atoms with E-state index in [4.69, 9.17) is 15.5 Å². The third-order valence-corrected chi connectivity index (χ3v) is 10.5. The SMILES string of the molecule is CCI1C(Nc2ccc(Br)cc2)=Nc2cc(Oc3ccnc(NC(=O)CN)c3)ccc21. The Morgan fingerprint density at radius 1 is 1.13 bits per heavy atom. The summed E-state index contributed by atoms with van der Waals surface area (Å²) in [5.74, 6) is 1.34. The molecule has 4 rings (SSSR count). The average Bonchev–Trinajstić information content (AvgIpc) is 3.11. The summed E-state index contributed by atoms with van der Waals surface area (Å²) in [5.41, 5.74) is 7.32. The number of carbonyl (C=O) groups excluding carboxylic acids is 1. The molecular formula is C22H21BrIN5O2. The fourth-order valence-corrected chi connectivity index (χ4v) is 8.07. The maximum absolute atomic E-state index is 11.5. The number of carbonyl (C=O) groups is 1. The molecule has 1 aromatic heterocycles. The van der Waals surface area contributed by atoms with Crippen molar-refractivity contribution in [3.8, 4) is 11.5 Å². The van der Waals surface area contributed by atoms with E-state index in [1.807, 2.05) is 36.4 Å². The normalized spacial score (nSPS) is 13.4. The van der Waals surface area contributed by atoms with Crippen LogP contribution in [0.4, 0.5) is 17.2 Å². The van der Waals surface area contributed by atoms with Crippen molar-refractivity contribution in [1.82, 2.24) is 4.98 Å². The van der Waals surface area contributed by atoms with E-state index in [0.29, 0.717) is 17.3 Å². The monoisotopic (exact) mass is 593 g/mol. The Kier molecular flexibility index (Phi) is 6.83. The Hall–Kier alpha value is -2.50. The predicted molar refractivity (Wildman–Crippen MR) is 137 cm³/mol. The summed E-state index contributed by atoms with van der Waals surface area (Å²) in [6, 6.07) is 17.6. The van der Waals surface area contributed by atoms with Gasteiger partial charge in [0.25, 0.3) is 0 Å². The van der Waals surface area contributed by atoms with Crippen LogP contribution in [-0.4, -0.2) is 25.7 Å². The van der Waals surface area contributed by atoms with Crippen LogP contribution in [0.15, 0.2) is 70.3 Å². The molecule has 1 aliphatic rings. The maximum atomic E-state index is 11.5. The Balaban J connectivity index is 1.53. The van der Waals surface area contributed by atoms with Gasteiger partial charge in [0.2, 0.25) is 0 Å². The number of anilines is 2. The number of fused-ring (bicyclic) bond motifs is 1. The van der Waals surface area contributed by atoms with E-state index in [-0.39, 0.29) is 12.5 Å². The zero-order chi connectivity index (χ0) is 21.8. The van der Waals surface area contributed by atoms with Crippen LogP contribution in [0.1, 0.15) is 6.92 Å². The number of nitrogens with zero attached hydrogens (tertiary/aromatic N) is 2. The second kappa shape index (κ2) is 9.75. The van der Waals surface area contributed by atoms with E-state index < -0.39 is 19.8 Å². The third-order valence-electron chi connectivity index (χ3n) is 4.38. The summed E-state index contributed by atoms with van der Waals surface area (Å²) in [6.07, 6.45) is 1.58. The Morgan fingerprint density at radius 3 is 2.65 bits per heavy atom. The fraction of sp³-hybridized carbons (Fsp3) is 0.136. The molecular weight excluding hydrogens is 573 g/mol. The second-order valence-corrected chi connectivity index (χ2v) is 13.2. The van der Waals surface area contributed by atoms with Crippen LogP contribution in [0.25, 0.3) is 0 Å². The van der Waals surface area contributed by atoms with Crippen molar-refractivity contribution in [2.45, 2.75) is 6.92 Å². The van der Waals surface area contributed by atoms with Crippen LogP contribution >= 0.6 is 35.7 Å². The van der Waals surface area contributed by atoms with Crippen LogP contribution in [0.3, 0.4) is 0 Å². The molecule has 9 heteroatoms. The second-order valence-electron chi connectivity index (χ2n) is 6.51. The summed E-state index contributed by atoms with van der Waals surface area (Å²) in [7, 11) is 0. The number of rotatable bonds is 6. The van der Waals surface area contributed by atoms with Gasteiger partial charge in [-0.1, -0.05) is 0 Å². The van der Waals surface area contributed by atoms with E-state index >= 15 is 0 Å². The Morgan fingerprint density at radius 2 is 1.90 bits per heavy atom. The predicted octanol–water partition coefficient (Wildman–Crippen LogP) is 5.34. The number of amides is 1. The van der Waals surface area contributed by atoms with Crippen molar-refractivity contribution in [3.63, 3.8) is 0 Å². The number of hydrogen-bond acceptors (Lipinski definition) is 6. The van der Waals surface area contributed by atoms with Gasteiger partial charge < -0.3 is 0 Å². The molecule has 0 saturated heterocycles. The molecule has 0 saturated carbocycles. The number of ether oxygens (including phenoxy) is 1. The number of hydrogen-bond donors (Lipinski definition) is 3. The van der Waals surface area contributed by atoms with E-state index in [9.17, 15) is 4.79 Å². The summed E-state index contributed by atoms with van der Waals surface area (Å²) >= 11 is 1.88. The van der Waals surface area contributed by atoms with Gasteiger partial charge in [0.05, 0.1) is 0 Å². The van der Waals surface area contributed by atoms with E-state index in [2.05, 4.69) is 44.5 Å². The van der Waals surface area contributed by atoms with Crippen molar-refractivity contribution < 1.29 is 9.53 Å². The van der Waals surface area contributed by atoms with Gasteiger partial charge in [0, 0.05) is 0 Å². The number of pyridine rings is 1. The molecule has 0 unspecified atom stereocenters. The van der Waals surface area contributed by atoms with Crippen molar-refractivity contribution in [2.75, 3.05) is 21.6 Å². The van der Waals surface area contributed by atoms with Crippen molar-refractivity contribution in [3.05, 3.63) is 68.8 Å². The standard InChI is InChI=1S/C22H21BrIN5O2/c1-2-24-18-8-7-16(31-17-9-10-26-20(12-17)29-21(30)13-25)11-19(18)28-22(24)27-15-5-3-14(23)4-6-15/h3-12H,2,13,25H2,1H3,(H,27,28)(H,26,29,30). The molecule has 4 N–H and O–H groups in total. The Bertz CT molecular complexity index is 1140. The Labute approximate surface area is 196 Å². The summed E-state index contributed by atoms with van der Waals surface area (Å²) in [5, 5.41) is 6.14. The van der Waals surface area contributed by atoms with E-state index in [1.165, 1.54) is 3.57 Å². The topological polar surface area (TPSA) is 102 Å². The molecule has 2 aromatic carbocycles. The van der Waals surface area contributed by atoms with Gasteiger partial charge in [0.15, 0.2) is 0 Å². The zero-order valence-electron chi connectivity index (χ0n) is 16.7. The minimum absolute atomic E-state index is 0.102. The van der Waals surface area contributed by atoms with Gasteiger partial charge in [-0.3, -0.25) is 0 Å². The number of nitrogens with one attached hydrogen (secondary N) is 2. The molecule has 0 spiro atoms. The molecule has 3 aromatic rings. The first-order chi connectivity index (χ1) is 15.1. The number of nitrogens with two attached hydrogens (primary N) is 1. The molecule has 160 valence electrons. The number of halogens is 2. The molecule has 7 nitrogen and oxygen atoms in total. The van der Waals surface area contributed by atoms with Crippen LogP contribution in [0.2, 0.25) is 0 Å². The first-order valence-corrected chi connectivity index (χ1v) is 14.1. The van der Waals surface area contributed by atoms with Crippen LogP contribution in [0.5, 0.6) is 11.5 Å². The average molecular weight is 594 g/mol. The molecule has 1 aliphatic heterocycles. The quantitative estimate of drug-likeness (QED) is 0.203. The van der Waals surface area contributed by atoms with Gasteiger partial charge in [-0.05, 0) is 0 Å². The van der Waals surface area contributed by atoms with Gasteiger partial charge in [-0.2, -0.15) is 0 Å². The zero-order valence-corrected chi connectivity index (χ0v) is 20.5. The van der Waals surface area contributed by atoms with Gasteiger partial charge in [0.1, 0.15) is 0 Å². The summed E-state index contributed by atoms with van der Waals surface area (Å²) in [6.45, 7) is 2.12. The molecule has 0 fully saturated rings. The summed E-state index contributed by atoms with van der Waals surface area (Å²) < 4.78 is 10.5. The van der Waals surface area contributed by atoms with Crippen LogP contribution in [0, 0.1) is 3.57 Å². The molecule has 0 aliphatic carbocycles. The first kappa shape index (κ1) is 21.7. The van der Waals surface area contributed by atoms with Gasteiger partial charge in [-0.25, -0.2) is 0 Å². The number of aliphatic imine (C=N–C) groups is 1. The first-order valence-electron chi connectivity index (χ1n) is 9.60. The van der Waals surface area contributed by atoms with Crippen molar-refractivity contribution >= 4 is 62.7 Å². The molecule has 2 heterocycles. The minimum atomic E-state index is -1.59. The van der Waals surface area contributed by atoms with Crippen LogP contribution in [-0.2, 0) is 4.79 Å². The van der Waals surface area contributed by atoms with Gasteiger partial charge >= 0.3 is 197 Å². The molecule has 1 amide bonds. The van der Waals surface area contributed by atoms with Gasteiger partial charge in [-0.15, -0.1) is 0 Å². The van der Waals surface area contributed by atoms with Crippen molar-refractivity contribution in [1.29, 1.82) is 0 Å². The van der Waals surface area contributed by atoms with Crippen molar-refractivity contribution in [2.24, 2.45) is 10.7 Å². The third kappa shape index (κ3) is 5.23.